The first-order valence-corrected chi connectivity index (χ1v) is 6.93. The molecule has 0 aromatic heterocycles. The highest BCUT2D eigenvalue weighted by Gasteiger charge is 2.37. The van der Waals surface area contributed by atoms with Gasteiger partial charge in [-0.3, -0.25) is 4.79 Å². The predicted molar refractivity (Wildman–Crippen MR) is 77.2 cm³/mol. The minimum Gasteiger partial charge on any atom is -0.493 e. The normalized spacial score (nSPS) is 18.9. The van der Waals surface area contributed by atoms with E-state index in [1.807, 2.05) is 0 Å². The van der Waals surface area contributed by atoms with Crippen molar-refractivity contribution >= 4 is 11.9 Å². The van der Waals surface area contributed by atoms with Crippen LogP contribution in [0.25, 0.3) is 0 Å². The zero-order chi connectivity index (χ0) is 16.3. The van der Waals surface area contributed by atoms with Crippen LogP contribution >= 0.6 is 0 Å². The lowest BCUT2D eigenvalue weighted by atomic mass is 10.1. The average Bonchev–Trinajstić information content (AvgIpc) is 3.01. The van der Waals surface area contributed by atoms with Crippen molar-refractivity contribution in [3.63, 3.8) is 0 Å². The molecule has 1 aliphatic heterocycles. The number of aliphatic hydroxyl groups is 1. The third-order valence-corrected chi connectivity index (χ3v) is 3.81. The van der Waals surface area contributed by atoms with Crippen LogP contribution in [0.4, 0.5) is 0 Å². The van der Waals surface area contributed by atoms with Gasteiger partial charge >= 0.3 is 5.97 Å². The van der Waals surface area contributed by atoms with E-state index in [0.717, 1.165) is 0 Å². The molecule has 1 aliphatic rings. The van der Waals surface area contributed by atoms with Gasteiger partial charge in [-0.05, 0) is 31.0 Å². The molecule has 7 nitrogen and oxygen atoms in total. The molecule has 0 aliphatic carbocycles. The van der Waals surface area contributed by atoms with Crippen LogP contribution in [0.2, 0.25) is 0 Å². The average molecular weight is 309 g/mol. The van der Waals surface area contributed by atoms with Crippen molar-refractivity contribution in [1.82, 2.24) is 4.90 Å². The van der Waals surface area contributed by atoms with Gasteiger partial charge < -0.3 is 24.6 Å². The monoisotopic (exact) mass is 309 g/mol. The molecule has 1 saturated heterocycles. The number of likely N-dealkylation sites (tertiary alicyclic amines) is 1. The standard InChI is InChI=1S/C15H19NO6/c1-21-11-6-5-9(8-12(11)22-2)14(18)16-7-3-4-10(16)13(17)15(19)20/h5-6,8,10,13,17H,3-4,7H2,1-2H3,(H,19,20)/t10-,13+/m0/s1. The Morgan fingerprint density at radius 2 is 1.95 bits per heavy atom. The largest absolute Gasteiger partial charge is 0.493 e. The van der Waals surface area contributed by atoms with Crippen molar-refractivity contribution < 1.29 is 29.3 Å². The van der Waals surface area contributed by atoms with E-state index in [1.54, 1.807) is 18.2 Å². The SMILES string of the molecule is COc1ccc(C(=O)N2CCC[C@H]2[C@@H](O)C(=O)O)cc1OC. The first kappa shape index (κ1) is 16.1. The lowest BCUT2D eigenvalue weighted by molar-refractivity contribution is -0.149. The maximum absolute atomic E-state index is 12.6. The number of carbonyl (C=O) groups excluding carboxylic acids is 1. The van der Waals surface area contributed by atoms with Crippen LogP contribution in [0.15, 0.2) is 18.2 Å². The number of benzene rings is 1. The molecule has 2 N–H and O–H groups in total. The van der Waals surface area contributed by atoms with Crippen molar-refractivity contribution in [2.75, 3.05) is 20.8 Å². The summed E-state index contributed by atoms with van der Waals surface area (Å²) >= 11 is 0. The van der Waals surface area contributed by atoms with E-state index < -0.39 is 18.1 Å². The second kappa shape index (κ2) is 6.65. The van der Waals surface area contributed by atoms with Gasteiger partial charge in [-0.1, -0.05) is 0 Å². The summed E-state index contributed by atoms with van der Waals surface area (Å²) in [6, 6.07) is 4.04. The Labute approximate surface area is 128 Å². The summed E-state index contributed by atoms with van der Waals surface area (Å²) in [6.07, 6.45) is -0.452. The molecule has 2 atom stereocenters. The molecule has 1 aromatic rings. The van der Waals surface area contributed by atoms with Gasteiger partial charge in [0.15, 0.2) is 17.6 Å². The molecule has 1 amide bonds. The van der Waals surface area contributed by atoms with Crippen LogP contribution in [0, 0.1) is 0 Å². The summed E-state index contributed by atoms with van der Waals surface area (Å²) in [6.45, 7) is 0.419. The number of carbonyl (C=O) groups is 2. The third-order valence-electron chi connectivity index (χ3n) is 3.81. The van der Waals surface area contributed by atoms with Crippen molar-refractivity contribution in [3.05, 3.63) is 23.8 Å². The fourth-order valence-corrected chi connectivity index (χ4v) is 2.67. The topological polar surface area (TPSA) is 96.3 Å². The number of hydrogen-bond acceptors (Lipinski definition) is 5. The van der Waals surface area contributed by atoms with Crippen LogP contribution < -0.4 is 9.47 Å². The second-order valence-corrected chi connectivity index (χ2v) is 5.06. The highest BCUT2D eigenvalue weighted by molar-refractivity contribution is 5.95. The molecule has 1 heterocycles. The zero-order valence-electron chi connectivity index (χ0n) is 12.5. The lowest BCUT2D eigenvalue weighted by Gasteiger charge is -2.26. The number of aliphatic hydroxyl groups excluding tert-OH is 1. The first-order valence-electron chi connectivity index (χ1n) is 6.93. The quantitative estimate of drug-likeness (QED) is 0.833. The van der Waals surface area contributed by atoms with Crippen molar-refractivity contribution in [2.45, 2.75) is 25.0 Å². The minimum absolute atomic E-state index is 0.330. The van der Waals surface area contributed by atoms with E-state index in [4.69, 9.17) is 14.6 Å². The molecule has 0 saturated carbocycles. The molecule has 1 fully saturated rings. The molecule has 0 unspecified atom stereocenters. The summed E-state index contributed by atoms with van der Waals surface area (Å²) in [5.41, 5.74) is 0.363. The van der Waals surface area contributed by atoms with Gasteiger partial charge in [0.2, 0.25) is 0 Å². The minimum atomic E-state index is -1.58. The molecule has 0 bridgehead atoms. The number of aliphatic carboxylic acids is 1. The number of hydrogen-bond donors (Lipinski definition) is 2. The van der Waals surface area contributed by atoms with Crippen molar-refractivity contribution in [2.24, 2.45) is 0 Å². The van der Waals surface area contributed by atoms with Crippen molar-refractivity contribution in [3.8, 4) is 11.5 Å². The van der Waals surface area contributed by atoms with Crippen LogP contribution in [0.5, 0.6) is 11.5 Å². The summed E-state index contributed by atoms with van der Waals surface area (Å²) in [4.78, 5) is 24.9. The number of nitrogens with zero attached hydrogens (tertiary/aromatic N) is 1. The summed E-state index contributed by atoms with van der Waals surface area (Å²) in [7, 11) is 2.97. The molecular formula is C15H19NO6. The summed E-state index contributed by atoms with van der Waals surface area (Å²) in [5, 5.41) is 18.7. The number of carboxylic acid groups (broad SMARTS) is 1. The summed E-state index contributed by atoms with van der Waals surface area (Å²) in [5.74, 6) is -0.730. The van der Waals surface area contributed by atoms with Gasteiger partial charge in [0.05, 0.1) is 20.3 Å². The number of methoxy groups -OCH3 is 2. The molecule has 1 aromatic carbocycles. The van der Waals surface area contributed by atoms with E-state index in [1.165, 1.54) is 19.1 Å². The van der Waals surface area contributed by atoms with Gasteiger partial charge in [-0.25, -0.2) is 4.79 Å². The molecule has 2 rings (SSSR count). The van der Waals surface area contributed by atoms with E-state index in [0.29, 0.717) is 36.4 Å². The highest BCUT2D eigenvalue weighted by atomic mass is 16.5. The molecule has 22 heavy (non-hydrogen) atoms. The fourth-order valence-electron chi connectivity index (χ4n) is 2.67. The number of amides is 1. The predicted octanol–water partition coefficient (Wildman–Crippen LogP) is 0.754. The third kappa shape index (κ3) is 2.99. The summed E-state index contributed by atoms with van der Waals surface area (Å²) < 4.78 is 10.3. The number of ether oxygens (including phenoxy) is 2. The number of rotatable bonds is 5. The smallest absolute Gasteiger partial charge is 0.334 e. The maximum atomic E-state index is 12.6. The highest BCUT2D eigenvalue weighted by Crippen LogP contribution is 2.30. The maximum Gasteiger partial charge on any atom is 0.334 e. The van der Waals surface area contributed by atoms with Gasteiger partial charge in [-0.15, -0.1) is 0 Å². The molecular weight excluding hydrogens is 290 g/mol. The second-order valence-electron chi connectivity index (χ2n) is 5.06. The Bertz CT molecular complexity index is 573. The van der Waals surface area contributed by atoms with Crippen LogP contribution in [-0.2, 0) is 4.79 Å². The van der Waals surface area contributed by atoms with E-state index >= 15 is 0 Å². The van der Waals surface area contributed by atoms with Crippen LogP contribution in [0.1, 0.15) is 23.2 Å². The van der Waals surface area contributed by atoms with Gasteiger partial charge in [0.1, 0.15) is 0 Å². The van der Waals surface area contributed by atoms with E-state index in [-0.39, 0.29) is 5.91 Å². The Morgan fingerprint density at radius 3 is 2.55 bits per heavy atom. The number of carboxylic acids is 1. The van der Waals surface area contributed by atoms with Gasteiger partial charge in [0.25, 0.3) is 5.91 Å². The Kier molecular flexibility index (Phi) is 4.87. The van der Waals surface area contributed by atoms with Crippen molar-refractivity contribution in [1.29, 1.82) is 0 Å². The van der Waals surface area contributed by atoms with Crippen LogP contribution in [0.3, 0.4) is 0 Å². The van der Waals surface area contributed by atoms with Crippen LogP contribution in [-0.4, -0.2) is 59.9 Å². The van der Waals surface area contributed by atoms with Gasteiger partial charge in [-0.2, -0.15) is 0 Å². The molecule has 0 spiro atoms. The van der Waals surface area contributed by atoms with E-state index in [2.05, 4.69) is 0 Å². The fraction of sp³-hybridized carbons (Fsp3) is 0.467. The first-order chi connectivity index (χ1) is 10.5. The van der Waals surface area contributed by atoms with E-state index in [9.17, 15) is 14.7 Å². The molecule has 120 valence electrons. The molecule has 0 radical (unpaired) electrons. The Morgan fingerprint density at radius 1 is 1.27 bits per heavy atom. The lowest BCUT2D eigenvalue weighted by Crippen LogP contribution is -2.46. The Balaban J connectivity index is 2.25. The van der Waals surface area contributed by atoms with Gasteiger partial charge in [0, 0.05) is 12.1 Å². The Hall–Kier alpha value is -2.28. The zero-order valence-corrected chi connectivity index (χ0v) is 12.5. The molecule has 7 heteroatoms.